The van der Waals surface area contributed by atoms with Crippen LogP contribution in [0.4, 0.5) is 0 Å². The molecule has 2 nitrogen and oxygen atoms in total. The fourth-order valence-corrected chi connectivity index (χ4v) is 2.93. The molecule has 1 fully saturated rings. The van der Waals surface area contributed by atoms with E-state index < -0.39 is 5.97 Å². The summed E-state index contributed by atoms with van der Waals surface area (Å²) in [6, 6.07) is 0. The van der Waals surface area contributed by atoms with Crippen molar-refractivity contribution in [2.75, 3.05) is 0 Å². The van der Waals surface area contributed by atoms with Crippen LogP contribution in [-0.4, -0.2) is 11.1 Å². The lowest BCUT2D eigenvalue weighted by Gasteiger charge is -2.44. The third kappa shape index (κ3) is 3.72. The van der Waals surface area contributed by atoms with E-state index in [-0.39, 0.29) is 16.7 Å². The number of carboxylic acid groups (broad SMARTS) is 1. The standard InChI is InChI=1S/C15H28O2/c1-14(2,3)11-7-10(13(16)17)8-12(9-11)15(4,5)6/h10-12H,7-9H2,1-6H3,(H,16,17)/t11-,12-/m0/s1. The van der Waals surface area contributed by atoms with Gasteiger partial charge in [0.25, 0.3) is 0 Å². The Bertz CT molecular complexity index is 258. The third-order valence-corrected chi connectivity index (χ3v) is 4.51. The predicted molar refractivity (Wildman–Crippen MR) is 70.9 cm³/mol. The average Bonchev–Trinajstić information content (AvgIpc) is 2.14. The van der Waals surface area contributed by atoms with E-state index in [0.717, 1.165) is 12.8 Å². The molecule has 0 unspecified atom stereocenters. The number of hydrogen-bond acceptors (Lipinski definition) is 1. The van der Waals surface area contributed by atoms with Crippen molar-refractivity contribution in [2.45, 2.75) is 60.8 Å². The maximum atomic E-state index is 11.3. The van der Waals surface area contributed by atoms with Crippen molar-refractivity contribution in [2.24, 2.45) is 28.6 Å². The van der Waals surface area contributed by atoms with E-state index in [4.69, 9.17) is 0 Å². The normalized spacial score (nSPS) is 31.3. The van der Waals surface area contributed by atoms with Gasteiger partial charge in [0, 0.05) is 0 Å². The van der Waals surface area contributed by atoms with Gasteiger partial charge in [0.1, 0.15) is 0 Å². The van der Waals surface area contributed by atoms with Gasteiger partial charge < -0.3 is 5.11 Å². The molecule has 0 saturated heterocycles. The van der Waals surface area contributed by atoms with E-state index in [1.165, 1.54) is 6.42 Å². The van der Waals surface area contributed by atoms with Crippen LogP contribution in [0, 0.1) is 28.6 Å². The quantitative estimate of drug-likeness (QED) is 0.746. The number of hydrogen-bond donors (Lipinski definition) is 1. The van der Waals surface area contributed by atoms with E-state index in [9.17, 15) is 9.90 Å². The van der Waals surface area contributed by atoms with Gasteiger partial charge >= 0.3 is 5.97 Å². The Hall–Kier alpha value is -0.530. The molecule has 2 atom stereocenters. The first-order chi connectivity index (χ1) is 7.51. The molecule has 0 bridgehead atoms. The molecule has 1 rings (SSSR count). The molecule has 1 aliphatic carbocycles. The monoisotopic (exact) mass is 240 g/mol. The number of carboxylic acids is 1. The van der Waals surface area contributed by atoms with Crippen molar-refractivity contribution in [3.63, 3.8) is 0 Å². The van der Waals surface area contributed by atoms with E-state index in [1.54, 1.807) is 0 Å². The zero-order chi connectivity index (χ0) is 13.4. The molecule has 0 amide bonds. The number of rotatable bonds is 1. The SMILES string of the molecule is CC(C)(C)[C@H]1CC(C(=O)O)C[C@H](C(C)(C)C)C1. The fourth-order valence-electron chi connectivity index (χ4n) is 2.93. The van der Waals surface area contributed by atoms with Gasteiger partial charge in [0.05, 0.1) is 5.92 Å². The minimum atomic E-state index is -0.604. The Balaban J connectivity index is 2.88. The van der Waals surface area contributed by atoms with Gasteiger partial charge in [0.15, 0.2) is 0 Å². The molecule has 0 aromatic heterocycles. The fraction of sp³-hybridized carbons (Fsp3) is 0.933. The van der Waals surface area contributed by atoms with Crippen LogP contribution in [0.5, 0.6) is 0 Å². The van der Waals surface area contributed by atoms with Crippen molar-refractivity contribution in [1.82, 2.24) is 0 Å². The summed E-state index contributed by atoms with van der Waals surface area (Å²) in [6.07, 6.45) is 2.88. The maximum Gasteiger partial charge on any atom is 0.306 e. The van der Waals surface area contributed by atoms with E-state index in [0.29, 0.717) is 11.8 Å². The molecule has 0 spiro atoms. The number of carbonyl (C=O) groups is 1. The van der Waals surface area contributed by atoms with Gasteiger partial charge in [-0.3, -0.25) is 4.79 Å². The van der Waals surface area contributed by atoms with Gasteiger partial charge in [-0.1, -0.05) is 41.5 Å². The van der Waals surface area contributed by atoms with Crippen molar-refractivity contribution in [3.8, 4) is 0 Å². The zero-order valence-corrected chi connectivity index (χ0v) is 12.2. The van der Waals surface area contributed by atoms with E-state index in [2.05, 4.69) is 41.5 Å². The minimum Gasteiger partial charge on any atom is -0.481 e. The molecular weight excluding hydrogens is 212 g/mol. The summed E-state index contributed by atoms with van der Waals surface area (Å²) in [5.41, 5.74) is 0.440. The van der Waals surface area contributed by atoms with Crippen LogP contribution >= 0.6 is 0 Å². The lowest BCUT2D eigenvalue weighted by Crippen LogP contribution is -2.38. The maximum absolute atomic E-state index is 11.3. The van der Waals surface area contributed by atoms with Crippen molar-refractivity contribution < 1.29 is 9.90 Å². The smallest absolute Gasteiger partial charge is 0.306 e. The van der Waals surface area contributed by atoms with Crippen LogP contribution < -0.4 is 0 Å². The highest BCUT2D eigenvalue weighted by atomic mass is 16.4. The number of aliphatic carboxylic acids is 1. The highest BCUT2D eigenvalue weighted by Gasteiger charge is 2.41. The molecule has 1 aliphatic rings. The summed E-state index contributed by atoms with van der Waals surface area (Å²) in [4.78, 5) is 11.3. The molecule has 0 aliphatic heterocycles. The predicted octanol–water partition coefficient (Wildman–Crippen LogP) is 4.20. The summed E-state index contributed by atoms with van der Waals surface area (Å²) in [7, 11) is 0. The highest BCUT2D eigenvalue weighted by molar-refractivity contribution is 5.70. The second-order valence-electron chi connectivity index (χ2n) is 7.87. The topological polar surface area (TPSA) is 37.3 Å². The summed E-state index contributed by atoms with van der Waals surface area (Å²) >= 11 is 0. The average molecular weight is 240 g/mol. The largest absolute Gasteiger partial charge is 0.481 e. The van der Waals surface area contributed by atoms with Gasteiger partial charge in [-0.15, -0.1) is 0 Å². The molecule has 0 heterocycles. The Morgan fingerprint density at radius 1 is 0.882 bits per heavy atom. The lowest BCUT2D eigenvalue weighted by atomic mass is 9.60. The van der Waals surface area contributed by atoms with Crippen molar-refractivity contribution in [3.05, 3.63) is 0 Å². The Morgan fingerprint density at radius 3 is 1.47 bits per heavy atom. The second kappa shape index (κ2) is 4.62. The summed E-state index contributed by atoms with van der Waals surface area (Å²) in [5.74, 6) is 0.313. The summed E-state index contributed by atoms with van der Waals surface area (Å²) in [6.45, 7) is 13.4. The molecule has 0 aromatic rings. The molecule has 17 heavy (non-hydrogen) atoms. The van der Waals surface area contributed by atoms with Crippen molar-refractivity contribution in [1.29, 1.82) is 0 Å². The van der Waals surface area contributed by atoms with E-state index >= 15 is 0 Å². The van der Waals surface area contributed by atoms with Crippen LogP contribution in [0.3, 0.4) is 0 Å². The Labute approximate surface area is 106 Å². The first-order valence-corrected chi connectivity index (χ1v) is 6.74. The molecule has 2 heteroatoms. The van der Waals surface area contributed by atoms with Gasteiger partial charge in [0.2, 0.25) is 0 Å². The molecule has 1 saturated carbocycles. The Kier molecular flexibility index (Phi) is 3.95. The van der Waals surface area contributed by atoms with Crippen LogP contribution in [0.2, 0.25) is 0 Å². The molecule has 0 aromatic carbocycles. The van der Waals surface area contributed by atoms with Gasteiger partial charge in [-0.2, -0.15) is 0 Å². The molecular formula is C15H28O2. The van der Waals surface area contributed by atoms with Crippen LogP contribution in [0.1, 0.15) is 60.8 Å². The third-order valence-electron chi connectivity index (χ3n) is 4.51. The molecule has 0 radical (unpaired) electrons. The summed E-state index contributed by atoms with van der Waals surface area (Å²) < 4.78 is 0. The van der Waals surface area contributed by atoms with Gasteiger partial charge in [-0.25, -0.2) is 0 Å². The highest BCUT2D eigenvalue weighted by Crippen LogP contribution is 2.48. The van der Waals surface area contributed by atoms with Crippen molar-refractivity contribution >= 4 is 5.97 Å². The lowest BCUT2D eigenvalue weighted by molar-refractivity contribution is -0.145. The minimum absolute atomic E-state index is 0.141. The van der Waals surface area contributed by atoms with Crippen LogP contribution in [0.15, 0.2) is 0 Å². The first kappa shape index (κ1) is 14.5. The molecule has 1 N–H and O–H groups in total. The second-order valence-corrected chi connectivity index (χ2v) is 7.87. The summed E-state index contributed by atoms with van der Waals surface area (Å²) in [5, 5.41) is 9.31. The van der Waals surface area contributed by atoms with Gasteiger partial charge in [-0.05, 0) is 41.9 Å². The van der Waals surface area contributed by atoms with E-state index in [1.807, 2.05) is 0 Å². The first-order valence-electron chi connectivity index (χ1n) is 6.74. The molecule has 100 valence electrons. The van der Waals surface area contributed by atoms with Crippen LogP contribution in [0.25, 0.3) is 0 Å². The van der Waals surface area contributed by atoms with Crippen LogP contribution in [-0.2, 0) is 4.79 Å². The Morgan fingerprint density at radius 2 is 1.24 bits per heavy atom. The zero-order valence-electron chi connectivity index (χ0n) is 12.2.